The lowest BCUT2D eigenvalue weighted by molar-refractivity contribution is 0.475. The first-order valence-electron chi connectivity index (χ1n) is 6.34. The summed E-state index contributed by atoms with van der Waals surface area (Å²) in [4.78, 5) is 0.373. The van der Waals surface area contributed by atoms with Gasteiger partial charge in [0.2, 0.25) is 9.84 Å². The highest BCUT2D eigenvalue weighted by Crippen LogP contribution is 2.31. The van der Waals surface area contributed by atoms with Gasteiger partial charge in [0, 0.05) is 0 Å². The Bertz CT molecular complexity index is 782. The highest BCUT2D eigenvalue weighted by molar-refractivity contribution is 7.91. The number of hydrogen-bond acceptors (Lipinski definition) is 3. The summed E-state index contributed by atoms with van der Waals surface area (Å²) in [6, 6.07) is 9.21. The molecule has 3 rings (SSSR count). The van der Waals surface area contributed by atoms with Crippen molar-refractivity contribution in [3.63, 3.8) is 0 Å². The maximum atomic E-state index is 12.6. The van der Waals surface area contributed by atoms with Crippen molar-refractivity contribution in [2.75, 3.05) is 0 Å². The summed E-state index contributed by atoms with van der Waals surface area (Å²) >= 11 is 5.79. The second kappa shape index (κ2) is 4.79. The highest BCUT2D eigenvalue weighted by atomic mass is 35.5. The van der Waals surface area contributed by atoms with Gasteiger partial charge in [-0.25, -0.2) is 8.42 Å². The summed E-state index contributed by atoms with van der Waals surface area (Å²) in [5, 5.41) is 9.41. The summed E-state index contributed by atoms with van der Waals surface area (Å²) in [5.74, 6) is -0.125. The molecule has 0 aromatic heterocycles. The second-order valence-electron chi connectivity index (χ2n) is 4.90. The lowest BCUT2D eigenvalue weighted by atomic mass is 10.1. The molecule has 2 aromatic rings. The summed E-state index contributed by atoms with van der Waals surface area (Å²) < 4.78 is 25.1. The van der Waals surface area contributed by atoms with Crippen molar-refractivity contribution < 1.29 is 13.5 Å². The average Bonchev–Trinajstić information content (AvgIpc) is 2.89. The van der Waals surface area contributed by atoms with E-state index in [9.17, 15) is 13.5 Å². The van der Waals surface area contributed by atoms with Crippen LogP contribution in [0.25, 0.3) is 0 Å². The van der Waals surface area contributed by atoms with Crippen LogP contribution >= 0.6 is 11.6 Å². The standard InChI is InChI=1S/C15H13ClO3S/c16-14-9-13(6-7-15(14)17)20(18,19)12-5-4-10-2-1-3-11(10)8-12/h4-9,17H,1-3H2. The minimum absolute atomic E-state index is 0.0345. The van der Waals surface area contributed by atoms with Gasteiger partial charge in [0.15, 0.2) is 0 Å². The number of aryl methyl sites for hydroxylation is 2. The van der Waals surface area contributed by atoms with E-state index in [4.69, 9.17) is 11.6 Å². The Morgan fingerprint density at radius 2 is 1.60 bits per heavy atom. The molecule has 0 saturated carbocycles. The van der Waals surface area contributed by atoms with Crippen LogP contribution in [0.5, 0.6) is 5.75 Å². The molecule has 0 fully saturated rings. The van der Waals surface area contributed by atoms with Gasteiger partial charge in [0.1, 0.15) is 5.75 Å². The van der Waals surface area contributed by atoms with Crippen molar-refractivity contribution in [2.24, 2.45) is 0 Å². The third-order valence-corrected chi connectivity index (χ3v) is 5.66. The van der Waals surface area contributed by atoms with Crippen molar-refractivity contribution in [1.29, 1.82) is 0 Å². The lowest BCUT2D eigenvalue weighted by Gasteiger charge is -2.08. The van der Waals surface area contributed by atoms with Gasteiger partial charge in [-0.2, -0.15) is 0 Å². The van der Waals surface area contributed by atoms with Gasteiger partial charge in [-0.3, -0.25) is 0 Å². The molecular formula is C15H13ClO3S. The third kappa shape index (κ3) is 2.19. The van der Waals surface area contributed by atoms with Crippen LogP contribution in [-0.2, 0) is 22.7 Å². The molecule has 0 unspecified atom stereocenters. The van der Waals surface area contributed by atoms with E-state index in [1.54, 1.807) is 12.1 Å². The van der Waals surface area contributed by atoms with E-state index < -0.39 is 9.84 Å². The molecule has 1 aliphatic rings. The van der Waals surface area contributed by atoms with Crippen molar-refractivity contribution in [3.8, 4) is 5.75 Å². The molecular weight excluding hydrogens is 296 g/mol. The molecule has 0 atom stereocenters. The van der Waals surface area contributed by atoms with Crippen LogP contribution in [0.1, 0.15) is 17.5 Å². The quantitative estimate of drug-likeness (QED) is 0.925. The molecule has 20 heavy (non-hydrogen) atoms. The first-order valence-corrected chi connectivity index (χ1v) is 8.20. The normalized spacial score (nSPS) is 14.2. The minimum Gasteiger partial charge on any atom is -0.506 e. The Labute approximate surface area is 122 Å². The molecule has 2 aromatic carbocycles. The van der Waals surface area contributed by atoms with Crippen LogP contribution < -0.4 is 0 Å². The first kappa shape index (κ1) is 13.5. The number of halogens is 1. The molecule has 1 N–H and O–H groups in total. The predicted molar refractivity (Wildman–Crippen MR) is 77.0 cm³/mol. The third-order valence-electron chi connectivity index (χ3n) is 3.61. The zero-order chi connectivity index (χ0) is 14.3. The van der Waals surface area contributed by atoms with Crippen LogP contribution in [0, 0.1) is 0 Å². The topological polar surface area (TPSA) is 54.4 Å². The van der Waals surface area contributed by atoms with Crippen LogP contribution in [0.3, 0.4) is 0 Å². The number of sulfone groups is 1. The molecule has 0 bridgehead atoms. The van der Waals surface area contributed by atoms with Gasteiger partial charge in [-0.05, 0) is 60.7 Å². The fraction of sp³-hybridized carbons (Fsp3) is 0.200. The highest BCUT2D eigenvalue weighted by Gasteiger charge is 2.21. The van der Waals surface area contributed by atoms with E-state index >= 15 is 0 Å². The molecule has 0 saturated heterocycles. The number of fused-ring (bicyclic) bond motifs is 1. The Morgan fingerprint density at radius 1 is 0.950 bits per heavy atom. The van der Waals surface area contributed by atoms with Crippen LogP contribution in [0.4, 0.5) is 0 Å². The lowest BCUT2D eigenvalue weighted by Crippen LogP contribution is -2.03. The minimum atomic E-state index is -3.60. The molecule has 3 nitrogen and oxygen atoms in total. The summed E-state index contributed by atoms with van der Waals surface area (Å²) in [6.45, 7) is 0. The maximum Gasteiger partial charge on any atom is 0.206 e. The van der Waals surface area contributed by atoms with Gasteiger partial charge in [-0.1, -0.05) is 17.7 Å². The fourth-order valence-electron chi connectivity index (χ4n) is 2.51. The van der Waals surface area contributed by atoms with Gasteiger partial charge in [0.05, 0.1) is 14.8 Å². The van der Waals surface area contributed by atoms with Crippen LogP contribution in [0.2, 0.25) is 5.02 Å². The number of aromatic hydroxyl groups is 1. The molecule has 0 radical (unpaired) electrons. The molecule has 5 heteroatoms. The summed E-state index contributed by atoms with van der Waals surface area (Å²) in [5.41, 5.74) is 2.34. The Morgan fingerprint density at radius 3 is 2.35 bits per heavy atom. The van der Waals surface area contributed by atoms with Crippen LogP contribution in [0.15, 0.2) is 46.2 Å². The largest absolute Gasteiger partial charge is 0.506 e. The fourth-order valence-corrected chi connectivity index (χ4v) is 4.09. The SMILES string of the molecule is O=S(=O)(c1ccc(O)c(Cl)c1)c1ccc2c(c1)CCC2. The van der Waals surface area contributed by atoms with E-state index in [0.29, 0.717) is 0 Å². The zero-order valence-corrected chi connectivity index (χ0v) is 12.2. The Hall–Kier alpha value is -1.52. The van der Waals surface area contributed by atoms with Gasteiger partial charge in [0.25, 0.3) is 0 Å². The Kier molecular flexibility index (Phi) is 3.22. The first-order chi connectivity index (χ1) is 9.48. The number of benzene rings is 2. The average molecular weight is 309 g/mol. The zero-order valence-electron chi connectivity index (χ0n) is 10.6. The smallest absolute Gasteiger partial charge is 0.206 e. The van der Waals surface area contributed by atoms with Crippen molar-refractivity contribution in [3.05, 3.63) is 52.5 Å². The number of phenols is 1. The molecule has 0 aliphatic heterocycles. The molecule has 1 aliphatic carbocycles. The molecule has 104 valence electrons. The maximum absolute atomic E-state index is 12.6. The monoisotopic (exact) mass is 308 g/mol. The van der Waals surface area contributed by atoms with Gasteiger partial charge < -0.3 is 5.11 Å². The molecule has 0 spiro atoms. The van der Waals surface area contributed by atoms with E-state index in [1.807, 2.05) is 6.07 Å². The van der Waals surface area contributed by atoms with E-state index in [1.165, 1.54) is 23.8 Å². The molecule has 0 amide bonds. The molecule has 0 heterocycles. The van der Waals surface area contributed by atoms with E-state index in [-0.39, 0.29) is 20.6 Å². The summed E-state index contributed by atoms with van der Waals surface area (Å²) in [6.07, 6.45) is 3.01. The van der Waals surface area contributed by atoms with Crippen molar-refractivity contribution >= 4 is 21.4 Å². The van der Waals surface area contributed by atoms with E-state index in [0.717, 1.165) is 24.8 Å². The van der Waals surface area contributed by atoms with Gasteiger partial charge >= 0.3 is 0 Å². The number of phenolic OH excluding ortho intramolecular Hbond substituents is 1. The number of rotatable bonds is 2. The van der Waals surface area contributed by atoms with Crippen molar-refractivity contribution in [1.82, 2.24) is 0 Å². The van der Waals surface area contributed by atoms with Gasteiger partial charge in [-0.15, -0.1) is 0 Å². The summed E-state index contributed by atoms with van der Waals surface area (Å²) in [7, 11) is -3.60. The second-order valence-corrected chi connectivity index (χ2v) is 7.26. The van der Waals surface area contributed by atoms with E-state index in [2.05, 4.69) is 0 Å². The van der Waals surface area contributed by atoms with Crippen molar-refractivity contribution in [2.45, 2.75) is 29.1 Å². The van der Waals surface area contributed by atoms with Crippen LogP contribution in [-0.4, -0.2) is 13.5 Å². The predicted octanol–water partition coefficient (Wildman–Crippen LogP) is 3.37. The Balaban J connectivity index is 2.09. The number of hydrogen-bond donors (Lipinski definition) is 1.